The maximum atomic E-state index is 11.7. The largest absolute Gasteiger partial charge is 0.380 e. The Morgan fingerprint density at radius 3 is 2.72 bits per heavy atom. The molecule has 0 bridgehead atoms. The van der Waals surface area contributed by atoms with Crippen LogP contribution >= 0.6 is 0 Å². The Balaban J connectivity index is 2.64. The lowest BCUT2D eigenvalue weighted by Gasteiger charge is -2.12. The Morgan fingerprint density at radius 2 is 2.17 bits per heavy atom. The van der Waals surface area contributed by atoms with Gasteiger partial charge in [0, 0.05) is 24.9 Å². The van der Waals surface area contributed by atoms with Gasteiger partial charge in [0.05, 0.1) is 12.5 Å². The van der Waals surface area contributed by atoms with Crippen LogP contribution in [0.3, 0.4) is 0 Å². The first-order valence-electron chi connectivity index (χ1n) is 5.49. The molecule has 98 valence electrons. The molecule has 0 aliphatic carbocycles. The molecule has 0 spiro atoms. The van der Waals surface area contributed by atoms with E-state index in [4.69, 9.17) is 16.2 Å². The molecule has 2 amide bonds. The van der Waals surface area contributed by atoms with Crippen molar-refractivity contribution in [3.63, 3.8) is 0 Å². The average Bonchev–Trinajstić information content (AvgIpc) is 2.36. The van der Waals surface area contributed by atoms with E-state index in [1.165, 1.54) is 13.2 Å². The van der Waals surface area contributed by atoms with Gasteiger partial charge in [-0.05, 0) is 18.2 Å². The van der Waals surface area contributed by atoms with Crippen LogP contribution in [-0.4, -0.2) is 31.6 Å². The van der Waals surface area contributed by atoms with Crippen molar-refractivity contribution < 1.29 is 14.3 Å². The zero-order chi connectivity index (χ0) is 13.5. The first-order chi connectivity index (χ1) is 8.56. The van der Waals surface area contributed by atoms with E-state index in [9.17, 15) is 9.59 Å². The van der Waals surface area contributed by atoms with Crippen molar-refractivity contribution >= 4 is 17.5 Å². The Bertz CT molecular complexity index is 430. The number of methoxy groups -OCH3 is 1. The summed E-state index contributed by atoms with van der Waals surface area (Å²) in [5.41, 5.74) is 11.4. The standard InChI is InChI=1S/C12H17N3O3/c1-18-10(7-13)6-11(16)15-9-4-2-3-8(5-9)12(14)17/h2-5,10H,6-7,13H2,1H3,(H2,14,17)(H,15,16). The van der Waals surface area contributed by atoms with E-state index in [1.54, 1.807) is 18.2 Å². The van der Waals surface area contributed by atoms with E-state index in [0.29, 0.717) is 11.3 Å². The highest BCUT2D eigenvalue weighted by molar-refractivity contribution is 5.96. The van der Waals surface area contributed by atoms with Gasteiger partial charge in [-0.15, -0.1) is 0 Å². The fourth-order valence-corrected chi connectivity index (χ4v) is 1.43. The number of ether oxygens (including phenoxy) is 1. The molecule has 6 heteroatoms. The van der Waals surface area contributed by atoms with Gasteiger partial charge in [0.2, 0.25) is 11.8 Å². The molecule has 5 N–H and O–H groups in total. The van der Waals surface area contributed by atoms with Gasteiger partial charge in [-0.1, -0.05) is 6.07 Å². The summed E-state index contributed by atoms with van der Waals surface area (Å²) in [7, 11) is 1.50. The normalized spacial score (nSPS) is 11.9. The van der Waals surface area contributed by atoms with Gasteiger partial charge >= 0.3 is 0 Å². The Morgan fingerprint density at radius 1 is 1.44 bits per heavy atom. The zero-order valence-corrected chi connectivity index (χ0v) is 10.2. The van der Waals surface area contributed by atoms with Crippen molar-refractivity contribution in [1.29, 1.82) is 0 Å². The van der Waals surface area contributed by atoms with Crippen LogP contribution in [0.4, 0.5) is 5.69 Å². The number of amides is 2. The number of nitrogens with one attached hydrogen (secondary N) is 1. The number of benzene rings is 1. The minimum absolute atomic E-state index is 0.161. The molecule has 1 aromatic carbocycles. The Kier molecular flexibility index (Phi) is 5.29. The molecule has 0 aliphatic heterocycles. The lowest BCUT2D eigenvalue weighted by atomic mass is 10.2. The Hall–Kier alpha value is -1.92. The number of rotatable bonds is 6. The molecule has 0 aliphatic rings. The maximum Gasteiger partial charge on any atom is 0.248 e. The van der Waals surface area contributed by atoms with Crippen molar-refractivity contribution in [3.8, 4) is 0 Å². The molecule has 0 radical (unpaired) electrons. The third-order valence-electron chi connectivity index (χ3n) is 2.44. The van der Waals surface area contributed by atoms with E-state index in [2.05, 4.69) is 5.32 Å². The molecule has 0 saturated heterocycles. The summed E-state index contributed by atoms with van der Waals surface area (Å²) in [6.45, 7) is 0.269. The molecule has 0 fully saturated rings. The molecule has 1 atom stereocenters. The molecule has 1 unspecified atom stereocenters. The number of carbonyl (C=O) groups excluding carboxylic acids is 2. The summed E-state index contributed by atoms with van der Waals surface area (Å²) in [6.07, 6.45) is -0.155. The van der Waals surface area contributed by atoms with Crippen LogP contribution in [0.1, 0.15) is 16.8 Å². The van der Waals surface area contributed by atoms with Crippen LogP contribution in [0.5, 0.6) is 0 Å². The molecule has 0 saturated carbocycles. The van der Waals surface area contributed by atoms with Crippen molar-refractivity contribution in [3.05, 3.63) is 29.8 Å². The van der Waals surface area contributed by atoms with Gasteiger partial charge in [0.1, 0.15) is 0 Å². The van der Waals surface area contributed by atoms with E-state index in [0.717, 1.165) is 0 Å². The van der Waals surface area contributed by atoms with Gasteiger partial charge in [0.15, 0.2) is 0 Å². The summed E-state index contributed by atoms with van der Waals surface area (Å²) in [4.78, 5) is 22.6. The second-order valence-electron chi connectivity index (χ2n) is 3.79. The number of primary amides is 1. The summed E-state index contributed by atoms with van der Waals surface area (Å²) < 4.78 is 5.01. The summed E-state index contributed by atoms with van der Waals surface area (Å²) >= 11 is 0. The summed E-state index contributed by atoms with van der Waals surface area (Å²) in [5, 5.41) is 2.65. The fraction of sp³-hybridized carbons (Fsp3) is 0.333. The van der Waals surface area contributed by atoms with Crippen LogP contribution in [0.15, 0.2) is 24.3 Å². The van der Waals surface area contributed by atoms with Crippen LogP contribution < -0.4 is 16.8 Å². The van der Waals surface area contributed by atoms with Crippen LogP contribution in [0.2, 0.25) is 0 Å². The molecule has 18 heavy (non-hydrogen) atoms. The van der Waals surface area contributed by atoms with E-state index < -0.39 is 5.91 Å². The second kappa shape index (κ2) is 6.73. The van der Waals surface area contributed by atoms with Crippen LogP contribution in [-0.2, 0) is 9.53 Å². The number of hydrogen-bond acceptors (Lipinski definition) is 4. The van der Waals surface area contributed by atoms with Crippen LogP contribution in [0, 0.1) is 0 Å². The van der Waals surface area contributed by atoms with E-state index in [1.807, 2.05) is 0 Å². The monoisotopic (exact) mass is 251 g/mol. The third kappa shape index (κ3) is 4.15. The van der Waals surface area contributed by atoms with Crippen molar-refractivity contribution in [2.45, 2.75) is 12.5 Å². The second-order valence-corrected chi connectivity index (χ2v) is 3.79. The molecule has 1 rings (SSSR count). The van der Waals surface area contributed by atoms with Crippen molar-refractivity contribution in [2.24, 2.45) is 11.5 Å². The summed E-state index contributed by atoms with van der Waals surface area (Å²) in [6, 6.07) is 6.42. The molecule has 0 aromatic heterocycles. The molecule has 1 aromatic rings. The fourth-order valence-electron chi connectivity index (χ4n) is 1.43. The number of anilines is 1. The molecular formula is C12H17N3O3. The first kappa shape index (κ1) is 14.1. The van der Waals surface area contributed by atoms with E-state index in [-0.39, 0.29) is 25.0 Å². The van der Waals surface area contributed by atoms with Gasteiger partial charge in [-0.3, -0.25) is 9.59 Å². The lowest BCUT2D eigenvalue weighted by Crippen LogP contribution is -2.28. The SMILES string of the molecule is COC(CN)CC(=O)Nc1cccc(C(N)=O)c1. The van der Waals surface area contributed by atoms with Gasteiger partial charge < -0.3 is 21.5 Å². The van der Waals surface area contributed by atoms with E-state index >= 15 is 0 Å². The van der Waals surface area contributed by atoms with Gasteiger partial charge in [-0.25, -0.2) is 0 Å². The van der Waals surface area contributed by atoms with Crippen molar-refractivity contribution in [1.82, 2.24) is 0 Å². The number of nitrogens with two attached hydrogens (primary N) is 2. The number of hydrogen-bond donors (Lipinski definition) is 3. The quantitative estimate of drug-likeness (QED) is 0.665. The summed E-state index contributed by atoms with van der Waals surface area (Å²) in [5.74, 6) is -0.767. The minimum atomic E-state index is -0.539. The van der Waals surface area contributed by atoms with Gasteiger partial charge in [-0.2, -0.15) is 0 Å². The lowest BCUT2D eigenvalue weighted by molar-refractivity contribution is -0.118. The maximum absolute atomic E-state index is 11.7. The number of carbonyl (C=O) groups is 2. The predicted molar refractivity (Wildman–Crippen MR) is 68.1 cm³/mol. The predicted octanol–water partition coefficient (Wildman–Crippen LogP) is 0.0878. The molecular weight excluding hydrogens is 234 g/mol. The zero-order valence-electron chi connectivity index (χ0n) is 10.2. The third-order valence-corrected chi connectivity index (χ3v) is 2.44. The topological polar surface area (TPSA) is 107 Å². The van der Waals surface area contributed by atoms with Gasteiger partial charge in [0.25, 0.3) is 0 Å². The van der Waals surface area contributed by atoms with Crippen molar-refractivity contribution in [2.75, 3.05) is 19.0 Å². The smallest absolute Gasteiger partial charge is 0.248 e. The Labute approximate surface area is 105 Å². The molecule has 0 heterocycles. The first-order valence-corrected chi connectivity index (χ1v) is 5.49. The minimum Gasteiger partial charge on any atom is -0.380 e. The highest BCUT2D eigenvalue weighted by Crippen LogP contribution is 2.11. The van der Waals surface area contributed by atoms with Crippen LogP contribution in [0.25, 0.3) is 0 Å². The molecule has 6 nitrogen and oxygen atoms in total. The average molecular weight is 251 g/mol. The highest BCUT2D eigenvalue weighted by atomic mass is 16.5. The highest BCUT2D eigenvalue weighted by Gasteiger charge is 2.12.